The van der Waals surface area contributed by atoms with Gasteiger partial charge in [0.1, 0.15) is 16.8 Å². The number of aromatic nitrogens is 2. The van der Waals surface area contributed by atoms with Gasteiger partial charge in [0.05, 0.1) is 6.61 Å². The van der Waals surface area contributed by atoms with Crippen molar-refractivity contribution in [3.05, 3.63) is 45.8 Å². The SMILES string of the molecule is Cc1cc(=O)oc2cc(OCCSc3nncs3)ccc12. The Morgan fingerprint density at radius 3 is 3.10 bits per heavy atom. The molecule has 7 heteroatoms. The van der Waals surface area contributed by atoms with Crippen LogP contribution in [0.15, 0.2) is 43.3 Å². The summed E-state index contributed by atoms with van der Waals surface area (Å²) in [6.45, 7) is 2.43. The van der Waals surface area contributed by atoms with E-state index in [2.05, 4.69) is 10.2 Å². The number of rotatable bonds is 5. The molecule has 2 aromatic heterocycles. The lowest BCUT2D eigenvalue weighted by Crippen LogP contribution is -2.01. The van der Waals surface area contributed by atoms with Gasteiger partial charge in [0, 0.05) is 23.3 Å². The quantitative estimate of drug-likeness (QED) is 0.409. The number of thioether (sulfide) groups is 1. The highest BCUT2D eigenvalue weighted by atomic mass is 32.2. The average molecular weight is 320 g/mol. The monoisotopic (exact) mass is 320 g/mol. The van der Waals surface area contributed by atoms with Crippen molar-refractivity contribution in [3.8, 4) is 5.75 Å². The van der Waals surface area contributed by atoms with Crippen LogP contribution in [0.3, 0.4) is 0 Å². The Morgan fingerprint density at radius 2 is 2.29 bits per heavy atom. The number of hydrogen-bond acceptors (Lipinski definition) is 7. The van der Waals surface area contributed by atoms with Crippen molar-refractivity contribution in [1.29, 1.82) is 0 Å². The maximum Gasteiger partial charge on any atom is 0.336 e. The largest absolute Gasteiger partial charge is 0.493 e. The second kappa shape index (κ2) is 6.28. The minimum atomic E-state index is -0.344. The first-order chi connectivity index (χ1) is 10.2. The van der Waals surface area contributed by atoms with Gasteiger partial charge >= 0.3 is 5.63 Å². The van der Waals surface area contributed by atoms with Gasteiger partial charge in [-0.25, -0.2) is 4.79 Å². The summed E-state index contributed by atoms with van der Waals surface area (Å²) in [5.74, 6) is 1.47. The highest BCUT2D eigenvalue weighted by Crippen LogP contribution is 2.23. The fourth-order valence-electron chi connectivity index (χ4n) is 1.91. The Bertz CT molecular complexity index is 800. The third kappa shape index (κ3) is 3.43. The van der Waals surface area contributed by atoms with Gasteiger partial charge in [-0.05, 0) is 24.6 Å². The van der Waals surface area contributed by atoms with Crippen LogP contribution < -0.4 is 10.4 Å². The molecule has 0 aliphatic carbocycles. The highest BCUT2D eigenvalue weighted by molar-refractivity contribution is 8.01. The predicted molar refractivity (Wildman–Crippen MR) is 83.3 cm³/mol. The average Bonchev–Trinajstić information content (AvgIpc) is 2.96. The van der Waals surface area contributed by atoms with Crippen molar-refractivity contribution in [2.75, 3.05) is 12.4 Å². The molecule has 0 unspecified atom stereocenters. The van der Waals surface area contributed by atoms with Crippen molar-refractivity contribution in [1.82, 2.24) is 10.2 Å². The lowest BCUT2D eigenvalue weighted by Gasteiger charge is -2.06. The minimum absolute atomic E-state index is 0.344. The molecular formula is C14H12N2O3S2. The number of hydrogen-bond donors (Lipinski definition) is 0. The fraction of sp³-hybridized carbons (Fsp3) is 0.214. The van der Waals surface area contributed by atoms with Gasteiger partial charge in [-0.2, -0.15) is 0 Å². The molecule has 0 fully saturated rings. The van der Waals surface area contributed by atoms with Crippen LogP contribution in [0, 0.1) is 6.92 Å². The van der Waals surface area contributed by atoms with Gasteiger partial charge in [0.15, 0.2) is 4.34 Å². The molecule has 3 rings (SSSR count). The summed E-state index contributed by atoms with van der Waals surface area (Å²) >= 11 is 3.11. The predicted octanol–water partition coefficient (Wildman–Crippen LogP) is 3.12. The summed E-state index contributed by atoms with van der Waals surface area (Å²) in [4.78, 5) is 11.4. The van der Waals surface area contributed by atoms with Crippen molar-refractivity contribution in [2.45, 2.75) is 11.3 Å². The van der Waals surface area contributed by atoms with Crippen LogP contribution in [-0.2, 0) is 0 Å². The molecule has 1 aromatic carbocycles. The highest BCUT2D eigenvalue weighted by Gasteiger charge is 2.04. The summed E-state index contributed by atoms with van der Waals surface area (Å²) < 4.78 is 11.8. The third-order valence-electron chi connectivity index (χ3n) is 2.84. The first kappa shape index (κ1) is 14.1. The second-order valence-corrected chi connectivity index (χ2v) is 6.48. The van der Waals surface area contributed by atoms with Crippen LogP contribution in [-0.4, -0.2) is 22.6 Å². The molecule has 0 atom stereocenters. The van der Waals surface area contributed by atoms with Gasteiger partial charge < -0.3 is 9.15 Å². The molecule has 0 radical (unpaired) electrons. The first-order valence-electron chi connectivity index (χ1n) is 6.28. The molecule has 21 heavy (non-hydrogen) atoms. The van der Waals surface area contributed by atoms with Crippen molar-refractivity contribution in [2.24, 2.45) is 0 Å². The lowest BCUT2D eigenvalue weighted by molar-refractivity contribution is 0.343. The van der Waals surface area contributed by atoms with Crippen LogP contribution in [0.25, 0.3) is 11.0 Å². The van der Waals surface area contributed by atoms with Gasteiger partial charge in [-0.1, -0.05) is 23.1 Å². The molecule has 0 saturated heterocycles. The molecule has 0 amide bonds. The van der Waals surface area contributed by atoms with E-state index in [-0.39, 0.29) is 5.63 Å². The van der Waals surface area contributed by atoms with Gasteiger partial charge in [0.25, 0.3) is 0 Å². The smallest absolute Gasteiger partial charge is 0.336 e. The Morgan fingerprint density at radius 1 is 1.38 bits per heavy atom. The molecule has 3 aromatic rings. The van der Waals surface area contributed by atoms with Crippen LogP contribution in [0.1, 0.15) is 5.56 Å². The fourth-order valence-corrected chi connectivity index (χ4v) is 3.29. The van der Waals surface area contributed by atoms with E-state index in [1.165, 1.54) is 17.4 Å². The van der Waals surface area contributed by atoms with Gasteiger partial charge in [0.2, 0.25) is 0 Å². The number of fused-ring (bicyclic) bond motifs is 1. The van der Waals surface area contributed by atoms with E-state index in [4.69, 9.17) is 9.15 Å². The number of benzene rings is 1. The maximum atomic E-state index is 11.4. The zero-order chi connectivity index (χ0) is 14.7. The second-order valence-electron chi connectivity index (χ2n) is 4.31. The van der Waals surface area contributed by atoms with E-state index in [9.17, 15) is 4.79 Å². The van der Waals surface area contributed by atoms with E-state index in [0.717, 1.165) is 21.0 Å². The maximum absolute atomic E-state index is 11.4. The van der Waals surface area contributed by atoms with E-state index in [1.54, 1.807) is 23.3 Å². The summed E-state index contributed by atoms with van der Waals surface area (Å²) in [5.41, 5.74) is 2.81. The van der Waals surface area contributed by atoms with E-state index >= 15 is 0 Å². The lowest BCUT2D eigenvalue weighted by atomic mass is 10.1. The third-order valence-corrected chi connectivity index (χ3v) is 4.67. The van der Waals surface area contributed by atoms with E-state index in [0.29, 0.717) is 17.9 Å². The number of nitrogens with zero attached hydrogens (tertiary/aromatic N) is 2. The molecule has 108 valence electrons. The van der Waals surface area contributed by atoms with E-state index < -0.39 is 0 Å². The van der Waals surface area contributed by atoms with Crippen molar-refractivity contribution in [3.63, 3.8) is 0 Å². The van der Waals surface area contributed by atoms with Gasteiger partial charge in [-0.15, -0.1) is 10.2 Å². The first-order valence-corrected chi connectivity index (χ1v) is 8.15. The summed E-state index contributed by atoms with van der Waals surface area (Å²) in [6.07, 6.45) is 0. The normalized spacial score (nSPS) is 10.9. The number of ether oxygens (including phenoxy) is 1. The molecule has 5 nitrogen and oxygen atoms in total. The summed E-state index contributed by atoms with van der Waals surface area (Å²) in [5, 5.41) is 8.64. The van der Waals surface area contributed by atoms with Crippen LogP contribution in [0.4, 0.5) is 0 Å². The topological polar surface area (TPSA) is 65.2 Å². The summed E-state index contributed by atoms with van der Waals surface area (Å²) in [6, 6.07) is 7.02. The Hall–Kier alpha value is -1.86. The van der Waals surface area contributed by atoms with E-state index in [1.807, 2.05) is 19.1 Å². The zero-order valence-corrected chi connectivity index (χ0v) is 12.9. The van der Waals surface area contributed by atoms with Crippen molar-refractivity contribution >= 4 is 34.1 Å². The molecule has 2 heterocycles. The van der Waals surface area contributed by atoms with Crippen molar-refractivity contribution < 1.29 is 9.15 Å². The molecule has 0 bridgehead atoms. The molecule has 0 N–H and O–H groups in total. The Balaban J connectivity index is 1.66. The summed E-state index contributed by atoms with van der Waals surface area (Å²) in [7, 11) is 0. The van der Waals surface area contributed by atoms with Crippen LogP contribution in [0.2, 0.25) is 0 Å². The molecule has 0 spiro atoms. The Kier molecular flexibility index (Phi) is 4.21. The Labute approximate surface area is 129 Å². The van der Waals surface area contributed by atoms with Crippen LogP contribution >= 0.6 is 23.1 Å². The number of aryl methyl sites for hydroxylation is 1. The van der Waals surface area contributed by atoms with Gasteiger partial charge in [-0.3, -0.25) is 0 Å². The minimum Gasteiger partial charge on any atom is -0.493 e. The molecule has 0 aliphatic rings. The zero-order valence-electron chi connectivity index (χ0n) is 11.2. The standard InChI is InChI=1S/C14H12N2O3S2/c1-9-6-13(17)19-12-7-10(2-3-11(9)12)18-4-5-20-14-16-15-8-21-14/h2-3,6-8H,4-5H2,1H3. The molecular weight excluding hydrogens is 308 g/mol. The van der Waals surface area contributed by atoms with Crippen LogP contribution in [0.5, 0.6) is 5.75 Å². The molecule has 0 aliphatic heterocycles. The molecule has 0 saturated carbocycles.